The zero-order valence-corrected chi connectivity index (χ0v) is 16.8. The summed E-state index contributed by atoms with van der Waals surface area (Å²) in [6, 6.07) is 5.32. The monoisotopic (exact) mass is 385 g/mol. The Bertz CT molecular complexity index is 896. The van der Waals surface area contributed by atoms with Gasteiger partial charge in [0.1, 0.15) is 5.82 Å². The maximum absolute atomic E-state index is 12.5. The second kappa shape index (κ2) is 8.39. The van der Waals surface area contributed by atoms with Crippen LogP contribution in [0.3, 0.4) is 0 Å². The average molecular weight is 385 g/mol. The number of likely N-dealkylation sites (N-methyl/N-ethyl adjacent to an activating group) is 1. The minimum Gasteiger partial charge on any atom is -0.348 e. The molecule has 28 heavy (non-hydrogen) atoms. The molecule has 0 aromatic carbocycles. The third-order valence-corrected chi connectivity index (χ3v) is 4.84. The number of urea groups is 1. The smallest absolute Gasteiger partial charge is 0.323 e. The van der Waals surface area contributed by atoms with E-state index in [4.69, 9.17) is 0 Å². The number of anilines is 2. The number of hydrogen-bond acceptors (Lipinski definition) is 6. The van der Waals surface area contributed by atoms with Crippen LogP contribution >= 0.6 is 0 Å². The molecule has 2 aromatic heterocycles. The zero-order chi connectivity index (χ0) is 20.3. The molecule has 1 aliphatic heterocycles. The first-order valence-electron chi connectivity index (χ1n) is 9.28. The van der Waals surface area contributed by atoms with Gasteiger partial charge < -0.3 is 9.80 Å². The van der Waals surface area contributed by atoms with Crippen LogP contribution in [0.2, 0.25) is 0 Å². The molecule has 9 heteroatoms. The summed E-state index contributed by atoms with van der Waals surface area (Å²) >= 11 is 0. The molecule has 1 saturated heterocycles. The number of H-pyrrole nitrogens is 1. The maximum Gasteiger partial charge on any atom is 0.323 e. The lowest BCUT2D eigenvalue weighted by Crippen LogP contribution is -2.38. The molecule has 2 amide bonds. The normalized spacial score (nSPS) is 16.5. The van der Waals surface area contributed by atoms with Crippen molar-refractivity contribution in [2.75, 3.05) is 44.4 Å². The molecule has 3 heterocycles. The summed E-state index contributed by atoms with van der Waals surface area (Å²) in [5.74, 6) is 1.10. The minimum atomic E-state index is -0.166. The molecule has 1 aliphatic rings. The van der Waals surface area contributed by atoms with Crippen LogP contribution in [0.4, 0.5) is 16.6 Å². The Balaban J connectivity index is 1.59. The molecule has 0 aliphatic carbocycles. The maximum atomic E-state index is 12.5. The van der Waals surface area contributed by atoms with Crippen LogP contribution in [0, 0.1) is 6.92 Å². The van der Waals surface area contributed by atoms with Gasteiger partial charge in [-0.15, -0.1) is 0 Å². The fraction of sp³-hybridized carbons (Fsp3) is 0.474. The van der Waals surface area contributed by atoms with E-state index in [-0.39, 0.29) is 17.6 Å². The van der Waals surface area contributed by atoms with Crippen molar-refractivity contribution >= 4 is 17.8 Å². The number of carbonyl (C=O) groups is 1. The Morgan fingerprint density at radius 1 is 1.36 bits per heavy atom. The van der Waals surface area contributed by atoms with Crippen LogP contribution < -0.4 is 15.8 Å². The van der Waals surface area contributed by atoms with Crippen molar-refractivity contribution in [1.29, 1.82) is 0 Å². The number of rotatable bonds is 5. The van der Waals surface area contributed by atoms with E-state index >= 15 is 0 Å². The molecule has 1 atom stereocenters. The number of nitrogens with zero attached hydrogens (tertiary/aromatic N) is 5. The molecule has 0 bridgehead atoms. The van der Waals surface area contributed by atoms with Crippen molar-refractivity contribution in [1.82, 2.24) is 24.8 Å². The first kappa shape index (κ1) is 19.8. The second-order valence-electron chi connectivity index (χ2n) is 7.41. The molecular formula is C19H27N7O2. The van der Waals surface area contributed by atoms with Gasteiger partial charge in [-0.05, 0) is 38.1 Å². The number of aryl methyl sites for hydroxylation is 1. The van der Waals surface area contributed by atoms with Crippen LogP contribution in [0.15, 0.2) is 29.2 Å². The molecule has 150 valence electrons. The molecule has 0 radical (unpaired) electrons. The van der Waals surface area contributed by atoms with Crippen molar-refractivity contribution in [2.45, 2.75) is 25.9 Å². The van der Waals surface area contributed by atoms with E-state index in [0.29, 0.717) is 37.1 Å². The third-order valence-electron chi connectivity index (χ3n) is 4.84. The van der Waals surface area contributed by atoms with Gasteiger partial charge in [-0.1, -0.05) is 0 Å². The molecule has 0 spiro atoms. The molecule has 3 rings (SSSR count). The predicted octanol–water partition coefficient (Wildman–Crippen LogP) is 1.28. The second-order valence-corrected chi connectivity index (χ2v) is 7.41. The van der Waals surface area contributed by atoms with Gasteiger partial charge in [0.25, 0.3) is 5.56 Å². The molecule has 1 fully saturated rings. The highest BCUT2D eigenvalue weighted by Gasteiger charge is 2.29. The number of likely N-dealkylation sites (tertiary alicyclic amines) is 1. The number of amides is 2. The lowest BCUT2D eigenvalue weighted by atomic mass is 10.2. The Morgan fingerprint density at radius 3 is 2.86 bits per heavy atom. The van der Waals surface area contributed by atoms with E-state index < -0.39 is 0 Å². The van der Waals surface area contributed by atoms with Gasteiger partial charge in [-0.25, -0.2) is 14.8 Å². The zero-order valence-electron chi connectivity index (χ0n) is 16.8. The van der Waals surface area contributed by atoms with E-state index in [1.54, 1.807) is 16.0 Å². The summed E-state index contributed by atoms with van der Waals surface area (Å²) in [7, 11) is 5.66. The molecule has 0 unspecified atom stereocenters. The number of carbonyl (C=O) groups excluding carboxylic acids is 1. The summed E-state index contributed by atoms with van der Waals surface area (Å²) in [5, 5.41) is 2.86. The van der Waals surface area contributed by atoms with Crippen molar-refractivity contribution in [3.05, 3.63) is 46.0 Å². The highest BCUT2D eigenvalue weighted by molar-refractivity contribution is 5.88. The highest BCUT2D eigenvalue weighted by atomic mass is 16.2. The molecule has 2 aromatic rings. The standard InChI is InChI=1S/C19H27N7O2/c1-13-5-7-20-16(9-13)22-19(28)26-8-6-15(12-26)25(4)11-14-10-17(27)23-18(21-14)24(2)3/h5,7,9-10,15H,6,8,11-12H2,1-4H3,(H,20,22,28)(H,21,23,27)/t15-/m0/s1. The minimum absolute atomic E-state index is 0.141. The van der Waals surface area contributed by atoms with Crippen LogP contribution in [0.25, 0.3) is 0 Å². The first-order valence-corrected chi connectivity index (χ1v) is 9.28. The van der Waals surface area contributed by atoms with Gasteiger partial charge in [-0.3, -0.25) is 20.0 Å². The molecule has 2 N–H and O–H groups in total. The fourth-order valence-electron chi connectivity index (χ4n) is 3.25. The number of aromatic amines is 1. The molecule has 9 nitrogen and oxygen atoms in total. The average Bonchev–Trinajstić information content (AvgIpc) is 3.11. The lowest BCUT2D eigenvalue weighted by molar-refractivity contribution is 0.207. The number of aromatic nitrogens is 3. The third kappa shape index (κ3) is 4.86. The van der Waals surface area contributed by atoms with Crippen LogP contribution in [0.1, 0.15) is 17.7 Å². The van der Waals surface area contributed by atoms with E-state index in [1.165, 1.54) is 6.07 Å². The quantitative estimate of drug-likeness (QED) is 0.805. The van der Waals surface area contributed by atoms with Crippen LogP contribution in [0.5, 0.6) is 0 Å². The number of hydrogen-bond donors (Lipinski definition) is 2. The summed E-state index contributed by atoms with van der Waals surface area (Å²) in [4.78, 5) is 41.4. The summed E-state index contributed by atoms with van der Waals surface area (Å²) in [5.41, 5.74) is 1.59. The van der Waals surface area contributed by atoms with Gasteiger partial charge >= 0.3 is 6.03 Å². The summed E-state index contributed by atoms with van der Waals surface area (Å²) in [6.45, 7) is 3.81. The predicted molar refractivity (Wildman–Crippen MR) is 109 cm³/mol. The van der Waals surface area contributed by atoms with Crippen molar-refractivity contribution < 1.29 is 4.79 Å². The van der Waals surface area contributed by atoms with E-state index in [0.717, 1.165) is 12.0 Å². The number of nitrogens with one attached hydrogen (secondary N) is 2. The van der Waals surface area contributed by atoms with E-state index in [2.05, 4.69) is 25.2 Å². The van der Waals surface area contributed by atoms with E-state index in [1.807, 2.05) is 40.2 Å². The SMILES string of the molecule is Cc1ccnc(NC(=O)N2CC[C@H](N(C)Cc3cc(=O)[nH]c(N(C)C)n3)C2)c1. The number of pyridine rings is 1. The topological polar surface area (TPSA) is 97.5 Å². The Hall–Kier alpha value is -2.94. The summed E-state index contributed by atoms with van der Waals surface area (Å²) in [6.07, 6.45) is 2.55. The lowest BCUT2D eigenvalue weighted by Gasteiger charge is -2.24. The Labute approximate surface area is 164 Å². The molecular weight excluding hydrogens is 358 g/mol. The highest BCUT2D eigenvalue weighted by Crippen LogP contribution is 2.18. The summed E-state index contributed by atoms with van der Waals surface area (Å²) < 4.78 is 0. The Morgan fingerprint density at radius 2 is 2.14 bits per heavy atom. The largest absolute Gasteiger partial charge is 0.348 e. The van der Waals surface area contributed by atoms with E-state index in [9.17, 15) is 9.59 Å². The Kier molecular flexibility index (Phi) is 5.93. The van der Waals surface area contributed by atoms with Gasteiger partial charge in [0, 0.05) is 52.0 Å². The van der Waals surface area contributed by atoms with Gasteiger partial charge in [0.05, 0.1) is 5.69 Å². The first-order chi connectivity index (χ1) is 13.3. The van der Waals surface area contributed by atoms with Gasteiger partial charge in [0.15, 0.2) is 0 Å². The van der Waals surface area contributed by atoms with Crippen molar-refractivity contribution in [2.24, 2.45) is 0 Å². The van der Waals surface area contributed by atoms with Crippen LogP contribution in [-0.2, 0) is 6.54 Å². The van der Waals surface area contributed by atoms with Gasteiger partial charge in [-0.2, -0.15) is 0 Å². The van der Waals surface area contributed by atoms with Gasteiger partial charge in [0.2, 0.25) is 5.95 Å². The van der Waals surface area contributed by atoms with Crippen molar-refractivity contribution in [3.63, 3.8) is 0 Å². The fourth-order valence-corrected chi connectivity index (χ4v) is 3.25. The van der Waals surface area contributed by atoms with Crippen LogP contribution in [-0.4, -0.2) is 71.1 Å². The van der Waals surface area contributed by atoms with Crippen molar-refractivity contribution in [3.8, 4) is 0 Å². The molecule has 0 saturated carbocycles.